The molecule has 0 aliphatic heterocycles. The molecule has 0 saturated heterocycles. The fourth-order valence-corrected chi connectivity index (χ4v) is 2.88. The Balaban J connectivity index is 1.61. The summed E-state index contributed by atoms with van der Waals surface area (Å²) in [6, 6.07) is 18.1. The van der Waals surface area contributed by atoms with E-state index in [0.717, 1.165) is 11.3 Å². The molecule has 2 aromatic carbocycles. The van der Waals surface area contributed by atoms with Crippen LogP contribution in [0, 0.1) is 0 Å². The maximum absolute atomic E-state index is 12.2. The van der Waals surface area contributed by atoms with Crippen molar-refractivity contribution in [2.75, 3.05) is 6.54 Å². The Morgan fingerprint density at radius 3 is 2.58 bits per heavy atom. The minimum Gasteiger partial charge on any atom is -0.468 e. The van der Waals surface area contributed by atoms with Gasteiger partial charge >= 0.3 is 0 Å². The minimum atomic E-state index is -0.0516. The first-order chi connectivity index (χ1) is 11.6. The fraction of sp³-hybridized carbons (Fsp3) is 0.250. The van der Waals surface area contributed by atoms with E-state index in [1.165, 1.54) is 10.8 Å². The van der Waals surface area contributed by atoms with Crippen molar-refractivity contribution in [3.8, 4) is 0 Å². The van der Waals surface area contributed by atoms with Crippen LogP contribution in [0.5, 0.6) is 0 Å². The van der Waals surface area contributed by atoms with Crippen molar-refractivity contribution < 1.29 is 9.21 Å². The van der Waals surface area contributed by atoms with E-state index in [1.54, 1.807) is 6.26 Å². The van der Waals surface area contributed by atoms with Gasteiger partial charge in [0.05, 0.1) is 24.9 Å². The standard InChI is InChI=1S/C20H22N2O2/c1-14(17-10-5-8-16-7-3-4-9-18(16)17)22-20(23)13-21-15(2)19-11-6-12-24-19/h3-12,14-15,21H,13H2,1-2H3,(H,22,23)/t14-,15+/m1/s1. The van der Waals surface area contributed by atoms with Gasteiger partial charge in [-0.3, -0.25) is 10.1 Å². The first-order valence-corrected chi connectivity index (χ1v) is 8.19. The molecule has 1 aromatic heterocycles. The Hall–Kier alpha value is -2.59. The summed E-state index contributed by atoms with van der Waals surface area (Å²) < 4.78 is 5.33. The smallest absolute Gasteiger partial charge is 0.234 e. The first kappa shape index (κ1) is 16.3. The van der Waals surface area contributed by atoms with Crippen LogP contribution in [0.3, 0.4) is 0 Å². The lowest BCUT2D eigenvalue weighted by atomic mass is 10.00. The summed E-state index contributed by atoms with van der Waals surface area (Å²) in [6.45, 7) is 4.23. The van der Waals surface area contributed by atoms with Crippen LogP contribution in [0.2, 0.25) is 0 Å². The van der Waals surface area contributed by atoms with Crippen LogP contribution in [0.4, 0.5) is 0 Å². The SMILES string of the molecule is C[C@H](NCC(=O)N[C@H](C)c1cccc2ccccc12)c1ccco1. The highest BCUT2D eigenvalue weighted by Gasteiger charge is 2.14. The van der Waals surface area contributed by atoms with Gasteiger partial charge in [-0.2, -0.15) is 0 Å². The van der Waals surface area contributed by atoms with Crippen LogP contribution in [-0.2, 0) is 4.79 Å². The predicted octanol–water partition coefficient (Wildman–Crippen LogP) is 3.96. The number of furan rings is 1. The molecule has 3 aromatic rings. The molecule has 0 radical (unpaired) electrons. The molecule has 124 valence electrons. The third-order valence-electron chi connectivity index (χ3n) is 4.21. The molecule has 0 fully saturated rings. The molecule has 0 saturated carbocycles. The highest BCUT2D eigenvalue weighted by molar-refractivity contribution is 5.87. The highest BCUT2D eigenvalue weighted by atomic mass is 16.3. The highest BCUT2D eigenvalue weighted by Crippen LogP contribution is 2.23. The third kappa shape index (κ3) is 3.66. The van der Waals surface area contributed by atoms with Crippen LogP contribution >= 0.6 is 0 Å². The summed E-state index contributed by atoms with van der Waals surface area (Å²) in [5.41, 5.74) is 1.13. The van der Waals surface area contributed by atoms with Crippen molar-refractivity contribution in [1.29, 1.82) is 0 Å². The summed E-state index contributed by atoms with van der Waals surface area (Å²) in [7, 11) is 0. The summed E-state index contributed by atoms with van der Waals surface area (Å²) in [6.07, 6.45) is 1.64. The van der Waals surface area contributed by atoms with Crippen molar-refractivity contribution in [2.45, 2.75) is 25.9 Å². The van der Waals surface area contributed by atoms with E-state index in [4.69, 9.17) is 4.42 Å². The van der Waals surface area contributed by atoms with Crippen LogP contribution in [0.25, 0.3) is 10.8 Å². The van der Waals surface area contributed by atoms with Gasteiger partial charge in [0.25, 0.3) is 0 Å². The van der Waals surface area contributed by atoms with E-state index < -0.39 is 0 Å². The monoisotopic (exact) mass is 322 g/mol. The van der Waals surface area contributed by atoms with Gasteiger partial charge in [0.2, 0.25) is 5.91 Å². The van der Waals surface area contributed by atoms with Gasteiger partial charge in [-0.15, -0.1) is 0 Å². The lowest BCUT2D eigenvalue weighted by Gasteiger charge is -2.18. The van der Waals surface area contributed by atoms with E-state index in [1.807, 2.05) is 44.2 Å². The predicted molar refractivity (Wildman–Crippen MR) is 95.6 cm³/mol. The van der Waals surface area contributed by atoms with E-state index in [0.29, 0.717) is 0 Å². The van der Waals surface area contributed by atoms with Gasteiger partial charge in [0.1, 0.15) is 5.76 Å². The number of carbonyl (C=O) groups excluding carboxylic acids is 1. The Morgan fingerprint density at radius 1 is 1.00 bits per heavy atom. The molecule has 0 aliphatic rings. The lowest BCUT2D eigenvalue weighted by molar-refractivity contribution is -0.121. The van der Waals surface area contributed by atoms with Crippen molar-refractivity contribution in [3.05, 3.63) is 72.2 Å². The molecule has 0 aliphatic carbocycles. The number of rotatable bonds is 6. The van der Waals surface area contributed by atoms with E-state index in [2.05, 4.69) is 34.9 Å². The molecule has 2 atom stereocenters. The Bertz CT molecular complexity index is 806. The van der Waals surface area contributed by atoms with E-state index in [-0.39, 0.29) is 24.5 Å². The molecule has 24 heavy (non-hydrogen) atoms. The van der Waals surface area contributed by atoms with Crippen LogP contribution in [0.15, 0.2) is 65.3 Å². The van der Waals surface area contributed by atoms with Gasteiger partial charge < -0.3 is 9.73 Å². The normalized spacial score (nSPS) is 13.6. The van der Waals surface area contributed by atoms with Crippen LogP contribution in [-0.4, -0.2) is 12.5 Å². The van der Waals surface area contributed by atoms with Gasteiger partial charge in [-0.05, 0) is 42.3 Å². The second-order valence-electron chi connectivity index (χ2n) is 5.98. The van der Waals surface area contributed by atoms with E-state index >= 15 is 0 Å². The van der Waals surface area contributed by atoms with Crippen LogP contribution < -0.4 is 10.6 Å². The average molecular weight is 322 g/mol. The molecule has 0 unspecified atom stereocenters. The zero-order chi connectivity index (χ0) is 16.9. The van der Waals surface area contributed by atoms with Crippen molar-refractivity contribution in [2.24, 2.45) is 0 Å². The first-order valence-electron chi connectivity index (χ1n) is 8.19. The maximum atomic E-state index is 12.2. The molecule has 4 nitrogen and oxygen atoms in total. The van der Waals surface area contributed by atoms with Crippen LogP contribution in [0.1, 0.15) is 37.3 Å². The molecule has 2 N–H and O–H groups in total. The largest absolute Gasteiger partial charge is 0.468 e. The number of benzene rings is 2. The third-order valence-corrected chi connectivity index (χ3v) is 4.21. The quantitative estimate of drug-likeness (QED) is 0.722. The number of amides is 1. The molecule has 0 bridgehead atoms. The second-order valence-corrected chi connectivity index (χ2v) is 5.98. The average Bonchev–Trinajstić information content (AvgIpc) is 3.14. The van der Waals surface area contributed by atoms with Gasteiger partial charge in [-0.1, -0.05) is 42.5 Å². The maximum Gasteiger partial charge on any atom is 0.234 e. The number of hydrogen-bond donors (Lipinski definition) is 2. The fourth-order valence-electron chi connectivity index (χ4n) is 2.88. The van der Waals surface area contributed by atoms with Gasteiger partial charge in [0, 0.05) is 0 Å². The summed E-state index contributed by atoms with van der Waals surface area (Å²) in [4.78, 5) is 12.2. The van der Waals surface area contributed by atoms with E-state index in [9.17, 15) is 4.79 Å². The molecule has 3 rings (SSSR count). The number of nitrogens with one attached hydrogen (secondary N) is 2. The Kier molecular flexibility index (Phi) is 4.96. The number of carbonyl (C=O) groups is 1. The summed E-state index contributed by atoms with van der Waals surface area (Å²) in [5, 5.41) is 8.58. The number of hydrogen-bond acceptors (Lipinski definition) is 3. The summed E-state index contributed by atoms with van der Waals surface area (Å²) in [5.74, 6) is 0.791. The van der Waals surface area contributed by atoms with Crippen molar-refractivity contribution >= 4 is 16.7 Å². The zero-order valence-corrected chi connectivity index (χ0v) is 14.0. The molecular weight excluding hydrogens is 300 g/mol. The second kappa shape index (κ2) is 7.32. The van der Waals surface area contributed by atoms with Crippen molar-refractivity contribution in [1.82, 2.24) is 10.6 Å². The zero-order valence-electron chi connectivity index (χ0n) is 14.0. The molecule has 1 heterocycles. The van der Waals surface area contributed by atoms with Gasteiger partial charge in [0.15, 0.2) is 0 Å². The Morgan fingerprint density at radius 2 is 1.79 bits per heavy atom. The van der Waals surface area contributed by atoms with Gasteiger partial charge in [-0.25, -0.2) is 0 Å². The molecule has 1 amide bonds. The lowest BCUT2D eigenvalue weighted by Crippen LogP contribution is -2.36. The summed E-state index contributed by atoms with van der Waals surface area (Å²) >= 11 is 0. The molecule has 4 heteroatoms. The Labute approximate surface area is 141 Å². The topological polar surface area (TPSA) is 54.3 Å². The minimum absolute atomic E-state index is 0.00129. The van der Waals surface area contributed by atoms with Crippen molar-refractivity contribution in [3.63, 3.8) is 0 Å². The number of fused-ring (bicyclic) bond motifs is 1. The molecular formula is C20H22N2O2. The molecule has 0 spiro atoms.